The molecule has 6 nitrogen and oxygen atoms in total. The van der Waals surface area contributed by atoms with Gasteiger partial charge in [-0.2, -0.15) is 0 Å². The molecule has 1 aliphatic heterocycles. The number of benzene rings is 1. The second-order valence-electron chi connectivity index (χ2n) is 5.71. The van der Waals surface area contributed by atoms with Crippen molar-refractivity contribution in [2.75, 3.05) is 39.5 Å². The van der Waals surface area contributed by atoms with Crippen LogP contribution in [0.1, 0.15) is 38.1 Å². The molecule has 1 amide bonds. The minimum absolute atomic E-state index is 0.00620. The maximum Gasteiger partial charge on any atom is 0.254 e. The number of nitrogens with zero attached hydrogens (tertiary/aromatic N) is 1. The van der Waals surface area contributed by atoms with E-state index in [4.69, 9.17) is 14.2 Å². The molecule has 0 unspecified atom stereocenters. The van der Waals surface area contributed by atoms with E-state index >= 15 is 0 Å². The van der Waals surface area contributed by atoms with Crippen molar-refractivity contribution in [2.45, 2.75) is 33.7 Å². The zero-order chi connectivity index (χ0) is 17.5. The number of carbonyl (C=O) groups is 1. The number of ether oxygens (including phenoxy) is 3. The fraction of sp³-hybridized carbons (Fsp3) is 0.611. The molecular formula is C18H28N2O4. The molecule has 1 aliphatic rings. The van der Waals surface area contributed by atoms with Gasteiger partial charge in [-0.3, -0.25) is 4.79 Å². The van der Waals surface area contributed by atoms with Crippen LogP contribution in [0.15, 0.2) is 12.1 Å². The van der Waals surface area contributed by atoms with Crippen molar-refractivity contribution in [3.8, 4) is 17.2 Å². The number of amides is 1. The second-order valence-corrected chi connectivity index (χ2v) is 5.71. The molecule has 0 aliphatic carbocycles. The zero-order valence-electron chi connectivity index (χ0n) is 15.1. The van der Waals surface area contributed by atoms with Gasteiger partial charge in [-0.25, -0.2) is 0 Å². The van der Waals surface area contributed by atoms with Gasteiger partial charge in [0.05, 0.1) is 19.8 Å². The molecular weight excluding hydrogens is 308 g/mol. The predicted molar refractivity (Wildman–Crippen MR) is 93.3 cm³/mol. The Hall–Kier alpha value is -1.95. The van der Waals surface area contributed by atoms with Gasteiger partial charge >= 0.3 is 0 Å². The number of hydrogen-bond donors (Lipinski definition) is 1. The van der Waals surface area contributed by atoms with Gasteiger partial charge in [0.1, 0.15) is 0 Å². The van der Waals surface area contributed by atoms with E-state index in [2.05, 4.69) is 12.2 Å². The average molecular weight is 336 g/mol. The van der Waals surface area contributed by atoms with Crippen LogP contribution in [0.4, 0.5) is 0 Å². The Bertz CT molecular complexity index is 535. The maximum atomic E-state index is 12.9. The van der Waals surface area contributed by atoms with Gasteiger partial charge in [-0.1, -0.05) is 0 Å². The smallest absolute Gasteiger partial charge is 0.254 e. The van der Waals surface area contributed by atoms with E-state index in [0.29, 0.717) is 61.8 Å². The normalized spacial score (nSPS) is 17.5. The molecule has 1 fully saturated rings. The Morgan fingerprint density at radius 2 is 1.71 bits per heavy atom. The lowest BCUT2D eigenvalue weighted by atomic mass is 10.1. The van der Waals surface area contributed by atoms with E-state index in [1.165, 1.54) is 0 Å². The molecule has 1 saturated heterocycles. The van der Waals surface area contributed by atoms with Crippen LogP contribution in [0, 0.1) is 0 Å². The van der Waals surface area contributed by atoms with Gasteiger partial charge in [0.15, 0.2) is 11.5 Å². The van der Waals surface area contributed by atoms with Gasteiger partial charge in [0, 0.05) is 31.2 Å². The lowest BCUT2D eigenvalue weighted by Crippen LogP contribution is -2.51. The average Bonchev–Trinajstić information content (AvgIpc) is 2.57. The van der Waals surface area contributed by atoms with E-state index in [9.17, 15) is 4.79 Å². The predicted octanol–water partition coefficient (Wildman–Crippen LogP) is 2.32. The van der Waals surface area contributed by atoms with Crippen molar-refractivity contribution in [1.82, 2.24) is 10.2 Å². The highest BCUT2D eigenvalue weighted by Gasteiger charge is 2.24. The summed E-state index contributed by atoms with van der Waals surface area (Å²) in [7, 11) is 0. The van der Waals surface area contributed by atoms with E-state index in [1.54, 1.807) is 12.1 Å². The third-order valence-electron chi connectivity index (χ3n) is 3.81. The molecule has 0 saturated carbocycles. The number of piperazine rings is 1. The summed E-state index contributed by atoms with van der Waals surface area (Å²) < 4.78 is 17.1. The number of hydrogen-bond acceptors (Lipinski definition) is 5. The molecule has 134 valence electrons. The molecule has 0 radical (unpaired) electrons. The lowest BCUT2D eigenvalue weighted by molar-refractivity contribution is 0.0708. The standard InChI is InChI=1S/C18H28N2O4/c1-5-22-15-10-14(11-16(23-6-2)17(15)24-7-3)18(21)20-9-8-19-13(4)12-20/h10-11,13,19H,5-9,12H2,1-4H3/t13-/m0/s1. The van der Waals surface area contributed by atoms with Crippen LogP contribution in [0.3, 0.4) is 0 Å². The van der Waals surface area contributed by atoms with Gasteiger partial charge in [-0.05, 0) is 39.8 Å². The number of nitrogens with one attached hydrogen (secondary N) is 1. The summed E-state index contributed by atoms with van der Waals surface area (Å²) in [5.41, 5.74) is 0.569. The van der Waals surface area contributed by atoms with E-state index in [0.717, 1.165) is 6.54 Å². The van der Waals surface area contributed by atoms with Crippen molar-refractivity contribution < 1.29 is 19.0 Å². The minimum Gasteiger partial charge on any atom is -0.490 e. The van der Waals surface area contributed by atoms with Crippen LogP contribution in [0.5, 0.6) is 17.2 Å². The highest BCUT2D eigenvalue weighted by molar-refractivity contribution is 5.95. The van der Waals surface area contributed by atoms with Gasteiger partial charge < -0.3 is 24.4 Å². The molecule has 1 heterocycles. The van der Waals surface area contributed by atoms with Gasteiger partial charge in [0.2, 0.25) is 5.75 Å². The maximum absolute atomic E-state index is 12.9. The molecule has 1 aromatic carbocycles. The van der Waals surface area contributed by atoms with Crippen molar-refractivity contribution >= 4 is 5.91 Å². The topological polar surface area (TPSA) is 60.0 Å². The van der Waals surface area contributed by atoms with Crippen molar-refractivity contribution in [1.29, 1.82) is 0 Å². The Morgan fingerprint density at radius 1 is 1.12 bits per heavy atom. The Kier molecular flexibility index (Phi) is 6.73. The van der Waals surface area contributed by atoms with Crippen molar-refractivity contribution in [3.63, 3.8) is 0 Å². The second kappa shape index (κ2) is 8.78. The van der Waals surface area contributed by atoms with E-state index in [1.807, 2.05) is 25.7 Å². The lowest BCUT2D eigenvalue weighted by Gasteiger charge is -2.32. The summed E-state index contributed by atoms with van der Waals surface area (Å²) in [5, 5.41) is 3.34. The quantitative estimate of drug-likeness (QED) is 0.828. The first-order valence-corrected chi connectivity index (χ1v) is 8.69. The van der Waals surface area contributed by atoms with Gasteiger partial charge in [-0.15, -0.1) is 0 Å². The van der Waals surface area contributed by atoms with Crippen LogP contribution >= 0.6 is 0 Å². The van der Waals surface area contributed by atoms with E-state index in [-0.39, 0.29) is 5.91 Å². The summed E-state index contributed by atoms with van der Waals surface area (Å²) in [6.07, 6.45) is 0. The Morgan fingerprint density at radius 3 is 2.21 bits per heavy atom. The van der Waals surface area contributed by atoms with Crippen LogP contribution in [-0.2, 0) is 0 Å². The Balaban J connectivity index is 2.36. The number of rotatable bonds is 7. The SMILES string of the molecule is CCOc1cc(C(=O)N2CCN[C@@H](C)C2)cc(OCC)c1OCC. The molecule has 0 bridgehead atoms. The minimum atomic E-state index is -0.00620. The van der Waals surface area contributed by atoms with Crippen LogP contribution in [0.2, 0.25) is 0 Å². The van der Waals surface area contributed by atoms with Gasteiger partial charge in [0.25, 0.3) is 5.91 Å². The van der Waals surface area contributed by atoms with Crippen molar-refractivity contribution in [3.05, 3.63) is 17.7 Å². The molecule has 24 heavy (non-hydrogen) atoms. The third kappa shape index (κ3) is 4.32. The first-order valence-electron chi connectivity index (χ1n) is 8.69. The molecule has 0 spiro atoms. The Labute approximate surface area is 144 Å². The molecule has 1 atom stereocenters. The van der Waals surface area contributed by atoms with Crippen LogP contribution < -0.4 is 19.5 Å². The monoisotopic (exact) mass is 336 g/mol. The summed E-state index contributed by atoms with van der Waals surface area (Å²) >= 11 is 0. The summed E-state index contributed by atoms with van der Waals surface area (Å²) in [4.78, 5) is 14.7. The largest absolute Gasteiger partial charge is 0.490 e. The highest BCUT2D eigenvalue weighted by atomic mass is 16.5. The molecule has 0 aromatic heterocycles. The number of carbonyl (C=O) groups excluding carboxylic acids is 1. The summed E-state index contributed by atoms with van der Waals surface area (Å²) in [6.45, 7) is 11.5. The van der Waals surface area contributed by atoms with Crippen molar-refractivity contribution in [2.24, 2.45) is 0 Å². The first kappa shape index (κ1) is 18.4. The summed E-state index contributed by atoms with van der Waals surface area (Å²) in [6, 6.07) is 3.81. The van der Waals surface area contributed by atoms with E-state index < -0.39 is 0 Å². The first-order chi connectivity index (χ1) is 11.6. The summed E-state index contributed by atoms with van der Waals surface area (Å²) in [5.74, 6) is 1.66. The molecule has 1 aromatic rings. The van der Waals surface area contributed by atoms with Crippen LogP contribution in [-0.4, -0.2) is 56.3 Å². The zero-order valence-corrected chi connectivity index (χ0v) is 15.1. The third-order valence-corrected chi connectivity index (χ3v) is 3.81. The fourth-order valence-electron chi connectivity index (χ4n) is 2.81. The van der Waals surface area contributed by atoms with Crippen LogP contribution in [0.25, 0.3) is 0 Å². The molecule has 1 N–H and O–H groups in total. The molecule has 6 heteroatoms. The molecule has 2 rings (SSSR count). The highest BCUT2D eigenvalue weighted by Crippen LogP contribution is 2.39. The fourth-order valence-corrected chi connectivity index (χ4v) is 2.81.